The van der Waals surface area contributed by atoms with E-state index in [9.17, 15) is 0 Å². The number of ether oxygens (including phenoxy) is 2. The van der Waals surface area contributed by atoms with Crippen molar-refractivity contribution in [1.29, 1.82) is 0 Å². The van der Waals surface area contributed by atoms with E-state index in [1.54, 1.807) is 18.1 Å². The Morgan fingerprint density at radius 1 is 1.39 bits per heavy atom. The first-order chi connectivity index (χ1) is 8.83. The average molecular weight is 281 g/mol. The predicted molar refractivity (Wildman–Crippen MR) is 70.1 cm³/mol. The molecule has 18 heavy (non-hydrogen) atoms. The van der Waals surface area contributed by atoms with Gasteiger partial charge in [-0.25, -0.2) is 4.98 Å². The van der Waals surface area contributed by atoms with Crippen molar-refractivity contribution in [3.8, 4) is 11.5 Å². The van der Waals surface area contributed by atoms with Crippen LogP contribution >= 0.6 is 23.3 Å². The van der Waals surface area contributed by atoms with E-state index in [2.05, 4.69) is 9.36 Å². The first-order valence-electron chi connectivity index (χ1n) is 5.37. The molecule has 2 N–H and O–H groups in total. The fourth-order valence-electron chi connectivity index (χ4n) is 1.63. The number of fused-ring (bicyclic) bond motifs is 1. The van der Waals surface area contributed by atoms with E-state index in [4.69, 9.17) is 15.2 Å². The Bertz CT molecular complexity index is 533. The number of nitrogens with zero attached hydrogens (tertiary/aromatic N) is 2. The summed E-state index contributed by atoms with van der Waals surface area (Å²) in [6, 6.07) is 5.74. The number of hydrogen-bond donors (Lipinski definition) is 1. The summed E-state index contributed by atoms with van der Waals surface area (Å²) < 4.78 is 15.5. The normalized spacial score (nSPS) is 14.7. The Labute approximate surface area is 112 Å². The van der Waals surface area contributed by atoms with Gasteiger partial charge < -0.3 is 15.2 Å². The van der Waals surface area contributed by atoms with Crippen molar-refractivity contribution in [2.24, 2.45) is 5.73 Å². The van der Waals surface area contributed by atoms with Gasteiger partial charge in [0.2, 0.25) is 6.79 Å². The summed E-state index contributed by atoms with van der Waals surface area (Å²) in [5.74, 6) is 2.31. The van der Waals surface area contributed by atoms with Crippen molar-refractivity contribution < 1.29 is 9.47 Å². The summed E-state index contributed by atoms with van der Waals surface area (Å²) in [5, 5.41) is 0. The smallest absolute Gasteiger partial charge is 0.231 e. The molecule has 1 aliphatic rings. The van der Waals surface area contributed by atoms with Gasteiger partial charge in [-0.1, -0.05) is 17.8 Å². The third-order valence-corrected chi connectivity index (χ3v) is 4.47. The number of rotatable bonds is 4. The van der Waals surface area contributed by atoms with Crippen LogP contribution in [0, 0.1) is 0 Å². The van der Waals surface area contributed by atoms with Crippen LogP contribution in [-0.4, -0.2) is 21.9 Å². The van der Waals surface area contributed by atoms with Crippen LogP contribution in [-0.2, 0) is 0 Å². The molecule has 0 saturated carbocycles. The maximum absolute atomic E-state index is 6.14. The number of benzene rings is 1. The quantitative estimate of drug-likeness (QED) is 0.865. The molecule has 0 aliphatic carbocycles. The van der Waals surface area contributed by atoms with Gasteiger partial charge in [-0.2, -0.15) is 4.37 Å². The lowest BCUT2D eigenvalue weighted by Crippen LogP contribution is -2.12. The molecule has 5 nitrogen and oxygen atoms in total. The lowest BCUT2D eigenvalue weighted by molar-refractivity contribution is 0.174. The fraction of sp³-hybridized carbons (Fsp3) is 0.273. The Hall–Kier alpha value is -1.31. The van der Waals surface area contributed by atoms with Crippen molar-refractivity contribution in [3.63, 3.8) is 0 Å². The van der Waals surface area contributed by atoms with Crippen molar-refractivity contribution in [1.82, 2.24) is 9.36 Å². The fourth-order valence-corrected chi connectivity index (χ4v) is 3.09. The summed E-state index contributed by atoms with van der Waals surface area (Å²) in [5.41, 5.74) is 7.18. The Morgan fingerprint density at radius 3 is 3.11 bits per heavy atom. The topological polar surface area (TPSA) is 70.3 Å². The van der Waals surface area contributed by atoms with E-state index in [-0.39, 0.29) is 12.8 Å². The summed E-state index contributed by atoms with van der Waals surface area (Å²) >= 11 is 2.99. The second-order valence-corrected chi connectivity index (χ2v) is 5.78. The minimum atomic E-state index is -0.0617. The maximum Gasteiger partial charge on any atom is 0.231 e. The maximum atomic E-state index is 6.14. The predicted octanol–water partition coefficient (Wildman–Crippen LogP) is 2.06. The summed E-state index contributed by atoms with van der Waals surface area (Å²) in [7, 11) is 0. The van der Waals surface area contributed by atoms with Crippen LogP contribution in [0.15, 0.2) is 28.9 Å². The van der Waals surface area contributed by atoms with Crippen molar-refractivity contribution >= 4 is 23.3 Å². The van der Waals surface area contributed by atoms with Gasteiger partial charge in [-0.3, -0.25) is 0 Å². The molecular formula is C11H11N3O2S2. The monoisotopic (exact) mass is 281 g/mol. The highest BCUT2D eigenvalue weighted by molar-refractivity contribution is 8.00. The zero-order valence-electron chi connectivity index (χ0n) is 9.41. The molecule has 1 atom stereocenters. The van der Waals surface area contributed by atoms with Gasteiger partial charge in [-0.05, 0) is 29.2 Å². The lowest BCUT2D eigenvalue weighted by atomic mass is 10.1. The van der Waals surface area contributed by atoms with Crippen molar-refractivity contribution in [2.75, 3.05) is 12.5 Å². The molecule has 0 saturated heterocycles. The molecule has 0 spiro atoms. The molecule has 1 aromatic carbocycles. The van der Waals surface area contributed by atoms with E-state index in [1.807, 2.05) is 18.2 Å². The second-order valence-electron chi connectivity index (χ2n) is 3.74. The Balaban J connectivity index is 1.67. The molecule has 94 valence electrons. The molecule has 0 bridgehead atoms. The van der Waals surface area contributed by atoms with Gasteiger partial charge >= 0.3 is 0 Å². The van der Waals surface area contributed by atoms with Gasteiger partial charge in [0.25, 0.3) is 0 Å². The number of hydrogen-bond acceptors (Lipinski definition) is 7. The Kier molecular flexibility index (Phi) is 3.35. The van der Waals surface area contributed by atoms with E-state index < -0.39 is 0 Å². The Morgan fingerprint density at radius 2 is 2.28 bits per heavy atom. The lowest BCUT2D eigenvalue weighted by Gasteiger charge is -2.11. The van der Waals surface area contributed by atoms with Crippen LogP contribution in [0.4, 0.5) is 0 Å². The molecule has 1 unspecified atom stereocenters. The third kappa shape index (κ3) is 2.43. The van der Waals surface area contributed by atoms with Gasteiger partial charge in [0.15, 0.2) is 15.8 Å². The van der Waals surface area contributed by atoms with Crippen LogP contribution in [0.5, 0.6) is 11.5 Å². The van der Waals surface area contributed by atoms with Crippen LogP contribution in [0.1, 0.15) is 11.6 Å². The molecule has 1 aromatic heterocycles. The minimum Gasteiger partial charge on any atom is -0.454 e. The SMILES string of the molecule is NC(CSc1ncns1)c1ccc2c(c1)OCO2. The van der Waals surface area contributed by atoms with Gasteiger partial charge in [0.05, 0.1) is 0 Å². The van der Waals surface area contributed by atoms with E-state index in [0.717, 1.165) is 27.2 Å². The first-order valence-corrected chi connectivity index (χ1v) is 7.13. The zero-order chi connectivity index (χ0) is 12.4. The molecule has 0 amide bonds. The third-order valence-electron chi connectivity index (χ3n) is 2.55. The van der Waals surface area contributed by atoms with E-state index >= 15 is 0 Å². The second kappa shape index (κ2) is 5.13. The summed E-state index contributed by atoms with van der Waals surface area (Å²) in [6.07, 6.45) is 1.55. The first kappa shape index (κ1) is 11.8. The highest BCUT2D eigenvalue weighted by Crippen LogP contribution is 2.34. The summed E-state index contributed by atoms with van der Waals surface area (Å²) in [6.45, 7) is 0.285. The molecule has 7 heteroatoms. The zero-order valence-corrected chi connectivity index (χ0v) is 11.0. The van der Waals surface area contributed by atoms with Crippen LogP contribution in [0.3, 0.4) is 0 Å². The van der Waals surface area contributed by atoms with Gasteiger partial charge in [0, 0.05) is 11.8 Å². The molecule has 0 fully saturated rings. The van der Waals surface area contributed by atoms with Gasteiger partial charge in [0.1, 0.15) is 6.33 Å². The molecule has 2 aromatic rings. The van der Waals surface area contributed by atoms with Gasteiger partial charge in [-0.15, -0.1) is 0 Å². The highest BCUT2D eigenvalue weighted by Gasteiger charge is 2.16. The van der Waals surface area contributed by atoms with Crippen LogP contribution in [0.2, 0.25) is 0 Å². The largest absolute Gasteiger partial charge is 0.454 e. The number of thioether (sulfide) groups is 1. The molecule has 2 heterocycles. The summed E-state index contributed by atoms with van der Waals surface area (Å²) in [4.78, 5) is 4.11. The molecular weight excluding hydrogens is 270 g/mol. The van der Waals surface area contributed by atoms with Crippen molar-refractivity contribution in [3.05, 3.63) is 30.1 Å². The molecule has 0 radical (unpaired) electrons. The number of aromatic nitrogens is 2. The highest BCUT2D eigenvalue weighted by atomic mass is 32.2. The standard InChI is InChI=1S/C11H11N3O2S2/c12-8(4-17-11-13-5-14-18-11)7-1-2-9-10(3-7)16-6-15-9/h1-3,5,8H,4,6,12H2. The van der Waals surface area contributed by atoms with Crippen molar-refractivity contribution in [2.45, 2.75) is 10.4 Å². The van der Waals surface area contributed by atoms with E-state index in [0.29, 0.717) is 0 Å². The minimum absolute atomic E-state index is 0.0617. The molecule has 1 aliphatic heterocycles. The molecule has 3 rings (SSSR count). The average Bonchev–Trinajstić information content (AvgIpc) is 3.05. The van der Waals surface area contributed by atoms with Crippen LogP contribution < -0.4 is 15.2 Å². The van der Waals surface area contributed by atoms with Crippen LogP contribution in [0.25, 0.3) is 0 Å². The number of nitrogens with two attached hydrogens (primary N) is 1. The van der Waals surface area contributed by atoms with E-state index in [1.165, 1.54) is 11.5 Å².